The van der Waals surface area contributed by atoms with Crippen LogP contribution in [-0.2, 0) is 27.9 Å². The van der Waals surface area contributed by atoms with Gasteiger partial charge in [0.25, 0.3) is 0 Å². The maximum Gasteiger partial charge on any atom is 0.401 e. The predicted molar refractivity (Wildman–Crippen MR) is 42.4 cm³/mol. The van der Waals surface area contributed by atoms with Gasteiger partial charge in [-0.3, -0.25) is 8.75 Å². The van der Waals surface area contributed by atoms with Crippen LogP contribution in [-0.4, -0.2) is 28.5 Å². The molecule has 0 bridgehead atoms. The van der Waals surface area contributed by atoms with E-state index in [4.69, 9.17) is 5.26 Å². The first-order chi connectivity index (χ1) is 5.96. The van der Waals surface area contributed by atoms with E-state index < -0.39 is 24.3 Å². The first kappa shape index (κ1) is 12.6. The highest BCUT2D eigenvalue weighted by atomic mass is 32.3. The maximum atomic E-state index is 10.8. The third-order valence-corrected chi connectivity index (χ3v) is 3.04. The molecule has 0 N–H and O–H groups in total. The molecule has 0 heterocycles. The molecular formula is C4H8NO6PS. The van der Waals surface area contributed by atoms with Crippen molar-refractivity contribution in [2.24, 2.45) is 0 Å². The number of rotatable bonds is 5. The summed E-state index contributed by atoms with van der Waals surface area (Å²) >= 11 is 0. The standard InChI is InChI=1S/C4H8NO6PS/c1-9-12(6)4(3-5)11-13(7,8)10-2/h4,12H,1-2H3. The molecule has 0 saturated carbocycles. The van der Waals surface area contributed by atoms with Crippen molar-refractivity contribution < 1.29 is 25.9 Å². The molecule has 0 aliphatic carbocycles. The second-order valence-corrected chi connectivity index (χ2v) is 4.62. The summed E-state index contributed by atoms with van der Waals surface area (Å²) in [5.41, 5.74) is 0. The third kappa shape index (κ3) is 4.36. The first-order valence-electron chi connectivity index (χ1n) is 2.93. The lowest BCUT2D eigenvalue weighted by Gasteiger charge is -2.07. The molecule has 0 aromatic rings. The van der Waals surface area contributed by atoms with E-state index in [9.17, 15) is 13.0 Å². The van der Waals surface area contributed by atoms with E-state index >= 15 is 0 Å². The lowest BCUT2D eigenvalue weighted by atomic mass is 10.8. The summed E-state index contributed by atoms with van der Waals surface area (Å²) in [6.45, 7) is 0. The van der Waals surface area contributed by atoms with Crippen LogP contribution in [0.5, 0.6) is 0 Å². The van der Waals surface area contributed by atoms with E-state index in [0.29, 0.717) is 0 Å². The molecule has 13 heavy (non-hydrogen) atoms. The molecule has 0 radical (unpaired) electrons. The zero-order valence-electron chi connectivity index (χ0n) is 6.88. The highest BCUT2D eigenvalue weighted by Gasteiger charge is 2.24. The molecule has 0 aromatic carbocycles. The highest BCUT2D eigenvalue weighted by molar-refractivity contribution is 7.82. The van der Waals surface area contributed by atoms with Gasteiger partial charge in [0.2, 0.25) is 13.9 Å². The summed E-state index contributed by atoms with van der Waals surface area (Å²) in [5, 5.41) is 8.34. The van der Waals surface area contributed by atoms with Crippen LogP contribution in [0, 0.1) is 11.3 Å². The van der Waals surface area contributed by atoms with Crippen molar-refractivity contribution in [1.29, 1.82) is 5.26 Å². The Kier molecular flexibility index (Phi) is 5.13. The van der Waals surface area contributed by atoms with Crippen molar-refractivity contribution in [3.63, 3.8) is 0 Å². The van der Waals surface area contributed by atoms with E-state index in [1.165, 1.54) is 6.07 Å². The molecule has 0 rings (SSSR count). The molecule has 0 amide bonds. The van der Waals surface area contributed by atoms with Gasteiger partial charge in [-0.05, 0) is 0 Å². The fourth-order valence-corrected chi connectivity index (χ4v) is 1.72. The van der Waals surface area contributed by atoms with Crippen LogP contribution in [0.4, 0.5) is 0 Å². The summed E-state index contributed by atoms with van der Waals surface area (Å²) in [6.07, 6.45) is 0. The van der Waals surface area contributed by atoms with Gasteiger partial charge >= 0.3 is 10.4 Å². The topological polar surface area (TPSA) is 103 Å². The minimum Gasteiger partial charge on any atom is -0.331 e. The number of nitrogens with zero attached hydrogens (tertiary/aromatic N) is 1. The van der Waals surface area contributed by atoms with E-state index in [2.05, 4.69) is 12.9 Å². The van der Waals surface area contributed by atoms with Crippen LogP contribution < -0.4 is 0 Å². The molecule has 0 aliphatic rings. The minimum absolute atomic E-state index is 0.855. The van der Waals surface area contributed by atoms with E-state index in [0.717, 1.165) is 14.2 Å². The fraction of sp³-hybridized carbons (Fsp3) is 0.750. The lowest BCUT2D eigenvalue weighted by Crippen LogP contribution is -2.15. The number of nitriles is 1. The predicted octanol–water partition coefficient (Wildman–Crippen LogP) is -0.135. The number of hydrogen-bond acceptors (Lipinski definition) is 7. The Hall–Kier alpha value is -0.450. The number of hydrogen-bond donors (Lipinski definition) is 0. The van der Waals surface area contributed by atoms with E-state index in [1.54, 1.807) is 0 Å². The average molecular weight is 229 g/mol. The first-order valence-corrected chi connectivity index (χ1v) is 5.66. The summed E-state index contributed by atoms with van der Waals surface area (Å²) in [7, 11) is -5.18. The van der Waals surface area contributed by atoms with Gasteiger partial charge in [-0.15, -0.1) is 0 Å². The van der Waals surface area contributed by atoms with Gasteiger partial charge in [0.15, 0.2) is 0 Å². The Morgan fingerprint density at radius 1 is 1.46 bits per heavy atom. The molecule has 0 spiro atoms. The van der Waals surface area contributed by atoms with Gasteiger partial charge in [-0.1, -0.05) is 0 Å². The zero-order valence-corrected chi connectivity index (χ0v) is 8.70. The van der Waals surface area contributed by atoms with Crippen LogP contribution >= 0.6 is 8.03 Å². The smallest absolute Gasteiger partial charge is 0.331 e. The molecule has 2 atom stereocenters. The highest BCUT2D eigenvalue weighted by Crippen LogP contribution is 2.29. The zero-order chi connectivity index (χ0) is 10.5. The van der Waals surface area contributed by atoms with Crippen LogP contribution in [0.2, 0.25) is 0 Å². The molecule has 7 nitrogen and oxygen atoms in total. The normalized spacial score (nSPS) is 16.1. The van der Waals surface area contributed by atoms with Crippen molar-refractivity contribution in [1.82, 2.24) is 0 Å². The van der Waals surface area contributed by atoms with Crippen LogP contribution in [0.15, 0.2) is 0 Å². The summed E-state index contributed by atoms with van der Waals surface area (Å²) in [5.74, 6) is -1.65. The largest absolute Gasteiger partial charge is 0.401 e. The SMILES string of the molecule is CO[PH](=O)C(C#N)OS(=O)(=O)OC. The van der Waals surface area contributed by atoms with Crippen molar-refractivity contribution in [2.75, 3.05) is 14.2 Å². The van der Waals surface area contributed by atoms with E-state index in [1.807, 2.05) is 0 Å². The average Bonchev–Trinajstić information content (AvgIpc) is 2.13. The van der Waals surface area contributed by atoms with Crippen molar-refractivity contribution in [3.8, 4) is 6.07 Å². The Morgan fingerprint density at radius 3 is 2.31 bits per heavy atom. The minimum atomic E-state index is -4.26. The van der Waals surface area contributed by atoms with Crippen molar-refractivity contribution in [3.05, 3.63) is 0 Å². The Labute approximate surface area is 76.4 Å². The van der Waals surface area contributed by atoms with Gasteiger partial charge in [-0.2, -0.15) is 13.7 Å². The Bertz CT molecular complexity index is 318. The molecule has 0 saturated heterocycles. The second-order valence-electron chi connectivity index (χ2n) is 1.70. The molecule has 0 fully saturated rings. The lowest BCUT2D eigenvalue weighted by molar-refractivity contribution is 0.236. The summed E-state index contributed by atoms with van der Waals surface area (Å²) in [6, 6.07) is 1.37. The molecule has 2 unspecified atom stereocenters. The second kappa shape index (κ2) is 5.32. The quantitative estimate of drug-likeness (QED) is 0.604. The Morgan fingerprint density at radius 2 is 2.00 bits per heavy atom. The molecule has 0 aromatic heterocycles. The monoisotopic (exact) mass is 229 g/mol. The third-order valence-electron chi connectivity index (χ3n) is 0.951. The Balaban J connectivity index is 4.51. The maximum absolute atomic E-state index is 10.8. The summed E-state index contributed by atoms with van der Waals surface area (Å²) < 4.78 is 44.3. The van der Waals surface area contributed by atoms with E-state index in [-0.39, 0.29) is 0 Å². The van der Waals surface area contributed by atoms with Gasteiger partial charge in [0, 0.05) is 7.11 Å². The van der Waals surface area contributed by atoms with Gasteiger partial charge in [0.05, 0.1) is 7.11 Å². The van der Waals surface area contributed by atoms with Gasteiger partial charge in [0.1, 0.15) is 6.07 Å². The van der Waals surface area contributed by atoms with Gasteiger partial charge in [-0.25, -0.2) is 4.18 Å². The molecular weight excluding hydrogens is 221 g/mol. The van der Waals surface area contributed by atoms with Gasteiger partial charge < -0.3 is 4.52 Å². The molecule has 0 aliphatic heterocycles. The van der Waals surface area contributed by atoms with Crippen LogP contribution in [0.3, 0.4) is 0 Å². The van der Waals surface area contributed by atoms with Crippen LogP contribution in [0.25, 0.3) is 0 Å². The molecule has 9 heteroatoms. The molecule has 76 valence electrons. The van der Waals surface area contributed by atoms with Crippen molar-refractivity contribution >= 4 is 18.4 Å². The fourth-order valence-electron chi connectivity index (χ4n) is 0.378. The van der Waals surface area contributed by atoms with Crippen LogP contribution in [0.1, 0.15) is 0 Å². The summed E-state index contributed by atoms with van der Waals surface area (Å²) in [4.78, 5) is 0. The van der Waals surface area contributed by atoms with Crippen molar-refractivity contribution in [2.45, 2.75) is 5.85 Å².